The molecule has 0 saturated heterocycles. The van der Waals surface area contributed by atoms with Crippen molar-refractivity contribution >= 4 is 15.9 Å². The van der Waals surface area contributed by atoms with Crippen LogP contribution in [0.3, 0.4) is 0 Å². The SMILES string of the molecule is COC1(C(O)c2c(Br)cnn2C(C)C)CCCCCC1. The number of aliphatic hydroxyl groups is 1. The lowest BCUT2D eigenvalue weighted by Gasteiger charge is -2.37. The highest BCUT2D eigenvalue weighted by Crippen LogP contribution is 2.42. The summed E-state index contributed by atoms with van der Waals surface area (Å²) in [6.45, 7) is 4.14. The standard InChI is InChI=1S/C15H25BrN2O2/c1-11(2)18-13(12(16)10-17-18)14(19)15(20-3)8-6-4-5-7-9-15/h10-11,14,19H,4-9H2,1-3H3. The predicted molar refractivity (Wildman–Crippen MR) is 82.7 cm³/mol. The molecule has 114 valence electrons. The molecular weight excluding hydrogens is 320 g/mol. The van der Waals surface area contributed by atoms with Gasteiger partial charge in [0.1, 0.15) is 6.10 Å². The highest BCUT2D eigenvalue weighted by atomic mass is 79.9. The van der Waals surface area contributed by atoms with Crippen LogP contribution in [0.1, 0.15) is 70.2 Å². The number of hydrogen-bond donors (Lipinski definition) is 1. The number of halogens is 1. The fraction of sp³-hybridized carbons (Fsp3) is 0.800. The second kappa shape index (κ2) is 6.58. The molecule has 0 bridgehead atoms. The van der Waals surface area contributed by atoms with Crippen molar-refractivity contribution < 1.29 is 9.84 Å². The largest absolute Gasteiger partial charge is 0.384 e. The molecule has 4 nitrogen and oxygen atoms in total. The van der Waals surface area contributed by atoms with E-state index in [1.807, 2.05) is 4.68 Å². The minimum absolute atomic E-state index is 0.214. The molecule has 1 unspecified atom stereocenters. The topological polar surface area (TPSA) is 47.3 Å². The minimum Gasteiger partial charge on any atom is -0.384 e. The van der Waals surface area contributed by atoms with Gasteiger partial charge < -0.3 is 9.84 Å². The summed E-state index contributed by atoms with van der Waals surface area (Å²) < 4.78 is 8.57. The lowest BCUT2D eigenvalue weighted by atomic mass is 9.86. The Balaban J connectivity index is 2.37. The van der Waals surface area contributed by atoms with Crippen LogP contribution < -0.4 is 0 Å². The first-order valence-electron chi connectivity index (χ1n) is 7.48. The maximum Gasteiger partial charge on any atom is 0.126 e. The van der Waals surface area contributed by atoms with Gasteiger partial charge in [-0.05, 0) is 42.6 Å². The Morgan fingerprint density at radius 3 is 2.40 bits per heavy atom. The summed E-state index contributed by atoms with van der Waals surface area (Å²) in [6.07, 6.45) is 7.59. The Labute approximate surface area is 129 Å². The summed E-state index contributed by atoms with van der Waals surface area (Å²) in [5.41, 5.74) is 0.356. The number of rotatable bonds is 4. The van der Waals surface area contributed by atoms with Crippen molar-refractivity contribution in [1.82, 2.24) is 9.78 Å². The predicted octanol–water partition coefficient (Wildman–Crippen LogP) is 4.00. The minimum atomic E-state index is -0.648. The van der Waals surface area contributed by atoms with Gasteiger partial charge in [0, 0.05) is 13.2 Å². The molecule has 1 heterocycles. The van der Waals surface area contributed by atoms with Gasteiger partial charge in [-0.15, -0.1) is 0 Å². The molecule has 0 radical (unpaired) electrons. The molecule has 1 saturated carbocycles. The number of nitrogens with zero attached hydrogens (tertiary/aromatic N) is 2. The van der Waals surface area contributed by atoms with Gasteiger partial charge in [0.25, 0.3) is 0 Å². The van der Waals surface area contributed by atoms with Crippen LogP contribution in [0.5, 0.6) is 0 Å². The van der Waals surface area contributed by atoms with Crippen molar-refractivity contribution in [2.24, 2.45) is 0 Å². The zero-order valence-corrected chi connectivity index (χ0v) is 14.2. The molecule has 20 heavy (non-hydrogen) atoms. The Bertz CT molecular complexity index is 437. The third-order valence-electron chi connectivity index (χ3n) is 4.39. The molecule has 0 spiro atoms. The van der Waals surface area contributed by atoms with Crippen LogP contribution in [-0.4, -0.2) is 27.6 Å². The third-order valence-corrected chi connectivity index (χ3v) is 5.00. The van der Waals surface area contributed by atoms with Crippen LogP contribution >= 0.6 is 15.9 Å². The lowest BCUT2D eigenvalue weighted by Crippen LogP contribution is -2.39. The van der Waals surface area contributed by atoms with Gasteiger partial charge in [-0.1, -0.05) is 25.7 Å². The van der Waals surface area contributed by atoms with Crippen LogP contribution in [0.25, 0.3) is 0 Å². The highest BCUT2D eigenvalue weighted by molar-refractivity contribution is 9.10. The average Bonchev–Trinajstić information content (AvgIpc) is 2.66. The number of hydrogen-bond acceptors (Lipinski definition) is 3. The van der Waals surface area contributed by atoms with E-state index in [1.165, 1.54) is 12.8 Å². The summed E-state index contributed by atoms with van der Waals surface area (Å²) in [5, 5.41) is 15.4. The molecule has 0 aromatic carbocycles. The molecule has 2 rings (SSSR count). The molecule has 1 aliphatic carbocycles. The first kappa shape index (κ1) is 16.0. The van der Waals surface area contributed by atoms with Gasteiger partial charge in [0.2, 0.25) is 0 Å². The monoisotopic (exact) mass is 344 g/mol. The van der Waals surface area contributed by atoms with Gasteiger partial charge in [-0.3, -0.25) is 4.68 Å². The van der Waals surface area contributed by atoms with Crippen LogP contribution in [0.4, 0.5) is 0 Å². The smallest absolute Gasteiger partial charge is 0.126 e. The van der Waals surface area contributed by atoms with Gasteiger partial charge in [0.05, 0.1) is 22.0 Å². The molecule has 1 fully saturated rings. The Morgan fingerprint density at radius 1 is 1.30 bits per heavy atom. The number of aliphatic hydroxyl groups excluding tert-OH is 1. The average molecular weight is 345 g/mol. The number of methoxy groups -OCH3 is 1. The van der Waals surface area contributed by atoms with Crippen molar-refractivity contribution in [3.8, 4) is 0 Å². The summed E-state index contributed by atoms with van der Waals surface area (Å²) in [4.78, 5) is 0. The Hall–Kier alpha value is -0.390. The van der Waals surface area contributed by atoms with Crippen molar-refractivity contribution in [2.75, 3.05) is 7.11 Å². The van der Waals surface area contributed by atoms with Crippen LogP contribution in [-0.2, 0) is 4.74 Å². The first-order chi connectivity index (χ1) is 9.52. The van der Waals surface area contributed by atoms with Crippen LogP contribution in [0.2, 0.25) is 0 Å². The van der Waals surface area contributed by atoms with Crippen LogP contribution in [0, 0.1) is 0 Å². The molecular formula is C15H25BrN2O2. The summed E-state index contributed by atoms with van der Waals surface area (Å²) in [6, 6.07) is 0.214. The van der Waals surface area contributed by atoms with E-state index in [9.17, 15) is 5.11 Å². The fourth-order valence-corrected chi connectivity index (χ4v) is 3.67. The van der Waals surface area contributed by atoms with Crippen LogP contribution in [0.15, 0.2) is 10.7 Å². The second-order valence-corrected chi connectivity index (χ2v) is 6.86. The Morgan fingerprint density at radius 2 is 1.90 bits per heavy atom. The molecule has 1 N–H and O–H groups in total. The van der Waals surface area contributed by atoms with Gasteiger partial charge >= 0.3 is 0 Å². The molecule has 1 aromatic rings. The second-order valence-electron chi connectivity index (χ2n) is 6.00. The summed E-state index contributed by atoms with van der Waals surface area (Å²) in [7, 11) is 1.72. The van der Waals surface area contributed by atoms with E-state index in [-0.39, 0.29) is 6.04 Å². The van der Waals surface area contributed by atoms with E-state index < -0.39 is 11.7 Å². The Kier molecular flexibility index (Phi) is 5.26. The lowest BCUT2D eigenvalue weighted by molar-refractivity contribution is -0.117. The molecule has 0 aliphatic heterocycles. The summed E-state index contributed by atoms with van der Waals surface area (Å²) in [5.74, 6) is 0. The van der Waals surface area contributed by atoms with E-state index in [1.54, 1.807) is 13.3 Å². The van der Waals surface area contributed by atoms with Crippen molar-refractivity contribution in [3.05, 3.63) is 16.4 Å². The van der Waals surface area contributed by atoms with Gasteiger partial charge in [0.15, 0.2) is 0 Å². The number of ether oxygens (including phenoxy) is 1. The molecule has 1 atom stereocenters. The van der Waals surface area contributed by atoms with E-state index >= 15 is 0 Å². The maximum atomic E-state index is 11.0. The van der Waals surface area contributed by atoms with E-state index in [4.69, 9.17) is 4.74 Å². The van der Waals surface area contributed by atoms with Gasteiger partial charge in [-0.2, -0.15) is 5.10 Å². The molecule has 0 amide bonds. The summed E-state index contributed by atoms with van der Waals surface area (Å²) >= 11 is 3.53. The normalized spacial score (nSPS) is 20.9. The number of aromatic nitrogens is 2. The first-order valence-corrected chi connectivity index (χ1v) is 8.27. The van der Waals surface area contributed by atoms with Crippen molar-refractivity contribution in [1.29, 1.82) is 0 Å². The molecule has 1 aromatic heterocycles. The van der Waals surface area contributed by atoms with Crippen molar-refractivity contribution in [2.45, 2.75) is 70.1 Å². The molecule has 5 heteroatoms. The quantitative estimate of drug-likeness (QED) is 0.839. The zero-order chi connectivity index (χ0) is 14.8. The van der Waals surface area contributed by atoms with E-state index in [0.717, 1.165) is 35.8 Å². The van der Waals surface area contributed by atoms with Crippen molar-refractivity contribution in [3.63, 3.8) is 0 Å². The fourth-order valence-electron chi connectivity index (χ4n) is 3.18. The van der Waals surface area contributed by atoms with E-state index in [2.05, 4.69) is 34.9 Å². The van der Waals surface area contributed by atoms with E-state index in [0.29, 0.717) is 0 Å². The zero-order valence-electron chi connectivity index (χ0n) is 12.6. The highest BCUT2D eigenvalue weighted by Gasteiger charge is 2.41. The third kappa shape index (κ3) is 2.95. The molecule has 1 aliphatic rings. The maximum absolute atomic E-state index is 11.0. The van der Waals surface area contributed by atoms with Gasteiger partial charge in [-0.25, -0.2) is 0 Å².